The van der Waals surface area contributed by atoms with E-state index in [9.17, 15) is 4.79 Å². The summed E-state index contributed by atoms with van der Waals surface area (Å²) in [4.78, 5) is 21.8. The molecule has 0 bridgehead atoms. The van der Waals surface area contributed by atoms with E-state index in [1.807, 2.05) is 16.8 Å². The van der Waals surface area contributed by atoms with E-state index in [1.165, 1.54) is 0 Å². The number of amides is 1. The third-order valence-corrected chi connectivity index (χ3v) is 5.39. The molecular formula is C19H24N4O2. The lowest BCUT2D eigenvalue weighted by Gasteiger charge is -2.28. The molecule has 0 spiro atoms. The van der Waals surface area contributed by atoms with Crippen LogP contribution in [0.15, 0.2) is 24.8 Å². The van der Waals surface area contributed by atoms with Crippen LogP contribution in [-0.4, -0.2) is 39.7 Å². The van der Waals surface area contributed by atoms with Crippen LogP contribution in [0.1, 0.15) is 53.7 Å². The SMILES string of the molecule is CO[C@H]1CC[C@H](NC(=O)c2cc(-n3ccnc3)nc3c2CCC3)CC1. The average molecular weight is 340 g/mol. The van der Waals surface area contributed by atoms with Gasteiger partial charge in [-0.3, -0.25) is 9.36 Å². The summed E-state index contributed by atoms with van der Waals surface area (Å²) in [6.45, 7) is 0. The molecule has 6 nitrogen and oxygen atoms in total. The fourth-order valence-corrected chi connectivity index (χ4v) is 3.96. The van der Waals surface area contributed by atoms with Crippen LogP contribution in [0.4, 0.5) is 0 Å². The van der Waals surface area contributed by atoms with Gasteiger partial charge in [-0.1, -0.05) is 0 Å². The maximum atomic E-state index is 13.0. The lowest BCUT2D eigenvalue weighted by atomic mass is 9.92. The van der Waals surface area contributed by atoms with Gasteiger partial charge in [-0.25, -0.2) is 9.97 Å². The number of fused-ring (bicyclic) bond motifs is 1. The molecule has 2 aliphatic carbocycles. The highest BCUT2D eigenvalue weighted by Crippen LogP contribution is 2.27. The maximum Gasteiger partial charge on any atom is 0.251 e. The molecule has 2 heterocycles. The van der Waals surface area contributed by atoms with Crippen molar-refractivity contribution in [2.45, 2.75) is 57.1 Å². The van der Waals surface area contributed by atoms with Gasteiger partial charge >= 0.3 is 0 Å². The summed E-state index contributed by atoms with van der Waals surface area (Å²) in [6, 6.07) is 2.14. The Labute approximate surface area is 147 Å². The molecule has 1 saturated carbocycles. The Morgan fingerprint density at radius 3 is 2.84 bits per heavy atom. The second-order valence-corrected chi connectivity index (χ2v) is 6.96. The lowest BCUT2D eigenvalue weighted by Crippen LogP contribution is -2.39. The average Bonchev–Trinajstić information content (AvgIpc) is 3.32. The van der Waals surface area contributed by atoms with Crippen LogP contribution in [0.5, 0.6) is 0 Å². The maximum absolute atomic E-state index is 13.0. The predicted molar refractivity (Wildman–Crippen MR) is 93.9 cm³/mol. The molecule has 0 saturated heterocycles. The second-order valence-electron chi connectivity index (χ2n) is 6.96. The molecule has 25 heavy (non-hydrogen) atoms. The minimum absolute atomic E-state index is 0.0304. The summed E-state index contributed by atoms with van der Waals surface area (Å²) in [5.41, 5.74) is 2.95. The molecule has 0 radical (unpaired) electrons. The summed E-state index contributed by atoms with van der Waals surface area (Å²) < 4.78 is 7.28. The van der Waals surface area contributed by atoms with E-state index < -0.39 is 0 Å². The number of imidazole rings is 1. The van der Waals surface area contributed by atoms with Crippen molar-refractivity contribution in [1.82, 2.24) is 19.9 Å². The zero-order chi connectivity index (χ0) is 17.2. The number of carbonyl (C=O) groups is 1. The van der Waals surface area contributed by atoms with E-state index >= 15 is 0 Å². The van der Waals surface area contributed by atoms with Crippen molar-refractivity contribution in [2.24, 2.45) is 0 Å². The number of aromatic nitrogens is 3. The first-order valence-corrected chi connectivity index (χ1v) is 9.09. The largest absolute Gasteiger partial charge is 0.381 e. The number of aryl methyl sites for hydroxylation is 1. The fourth-order valence-electron chi connectivity index (χ4n) is 3.96. The van der Waals surface area contributed by atoms with Gasteiger partial charge < -0.3 is 10.1 Å². The number of hydrogen-bond acceptors (Lipinski definition) is 4. The highest BCUT2D eigenvalue weighted by Gasteiger charge is 2.26. The number of nitrogens with one attached hydrogen (secondary N) is 1. The Bertz CT molecular complexity index is 749. The molecule has 1 fully saturated rings. The summed E-state index contributed by atoms with van der Waals surface area (Å²) >= 11 is 0. The Morgan fingerprint density at radius 2 is 2.12 bits per heavy atom. The van der Waals surface area contributed by atoms with Crippen molar-refractivity contribution in [3.63, 3.8) is 0 Å². The van der Waals surface area contributed by atoms with Gasteiger partial charge in [0.15, 0.2) is 0 Å². The quantitative estimate of drug-likeness (QED) is 0.928. The molecule has 1 N–H and O–H groups in total. The van der Waals surface area contributed by atoms with E-state index in [0.717, 1.165) is 67.6 Å². The molecule has 132 valence electrons. The molecule has 0 aromatic carbocycles. The second kappa shape index (κ2) is 6.96. The van der Waals surface area contributed by atoms with Crippen LogP contribution in [-0.2, 0) is 17.6 Å². The third kappa shape index (κ3) is 3.31. The molecular weight excluding hydrogens is 316 g/mol. The molecule has 6 heteroatoms. The van der Waals surface area contributed by atoms with E-state index in [4.69, 9.17) is 9.72 Å². The highest BCUT2D eigenvalue weighted by atomic mass is 16.5. The summed E-state index contributed by atoms with van der Waals surface area (Å²) in [7, 11) is 1.77. The number of ether oxygens (including phenoxy) is 1. The van der Waals surface area contributed by atoms with Crippen molar-refractivity contribution in [3.05, 3.63) is 41.6 Å². The van der Waals surface area contributed by atoms with Gasteiger partial charge in [0.2, 0.25) is 0 Å². The van der Waals surface area contributed by atoms with Gasteiger partial charge in [-0.15, -0.1) is 0 Å². The van der Waals surface area contributed by atoms with Crippen LogP contribution in [0.25, 0.3) is 5.82 Å². The van der Waals surface area contributed by atoms with E-state index in [-0.39, 0.29) is 11.9 Å². The van der Waals surface area contributed by atoms with Crippen molar-refractivity contribution in [1.29, 1.82) is 0 Å². The lowest BCUT2D eigenvalue weighted by molar-refractivity contribution is 0.0599. The number of rotatable bonds is 4. The Kier molecular flexibility index (Phi) is 4.53. The van der Waals surface area contributed by atoms with Gasteiger partial charge in [0.05, 0.1) is 6.10 Å². The monoisotopic (exact) mass is 340 g/mol. The minimum atomic E-state index is 0.0304. The number of pyridine rings is 1. The van der Waals surface area contributed by atoms with Gasteiger partial charge in [-0.05, 0) is 56.6 Å². The number of hydrogen-bond donors (Lipinski definition) is 1. The first kappa shape index (κ1) is 16.3. The van der Waals surface area contributed by atoms with Crippen LogP contribution in [0, 0.1) is 0 Å². The standard InChI is InChI=1S/C19H24N4O2/c1-25-14-7-5-13(6-8-14)21-19(24)16-11-18(23-10-9-20-12-23)22-17-4-2-3-15(16)17/h9-14H,2-8H2,1H3,(H,21,24)/t13-,14-. The van der Waals surface area contributed by atoms with Crippen molar-refractivity contribution in [3.8, 4) is 5.82 Å². The topological polar surface area (TPSA) is 69.0 Å². The van der Waals surface area contributed by atoms with Gasteiger partial charge in [0.25, 0.3) is 5.91 Å². The summed E-state index contributed by atoms with van der Waals surface area (Å²) in [5, 5.41) is 3.23. The zero-order valence-corrected chi connectivity index (χ0v) is 14.6. The van der Waals surface area contributed by atoms with Crippen LogP contribution >= 0.6 is 0 Å². The van der Waals surface area contributed by atoms with E-state index in [2.05, 4.69) is 10.3 Å². The highest BCUT2D eigenvalue weighted by molar-refractivity contribution is 5.96. The third-order valence-electron chi connectivity index (χ3n) is 5.39. The Hall–Kier alpha value is -2.21. The molecule has 2 aromatic rings. The molecule has 2 aliphatic rings. The first-order chi connectivity index (χ1) is 12.2. The minimum Gasteiger partial charge on any atom is -0.381 e. The van der Waals surface area contributed by atoms with Crippen LogP contribution in [0.2, 0.25) is 0 Å². The number of carbonyl (C=O) groups excluding carboxylic acids is 1. The molecule has 0 unspecified atom stereocenters. The smallest absolute Gasteiger partial charge is 0.251 e. The Morgan fingerprint density at radius 1 is 1.28 bits per heavy atom. The first-order valence-electron chi connectivity index (χ1n) is 9.09. The number of methoxy groups -OCH3 is 1. The Balaban J connectivity index is 1.56. The normalized spacial score (nSPS) is 22.6. The van der Waals surface area contributed by atoms with Gasteiger partial charge in [0, 0.05) is 36.8 Å². The number of nitrogens with zero attached hydrogens (tertiary/aromatic N) is 3. The molecule has 2 aromatic heterocycles. The van der Waals surface area contributed by atoms with Gasteiger partial charge in [0.1, 0.15) is 12.1 Å². The molecule has 4 rings (SSSR count). The van der Waals surface area contributed by atoms with Gasteiger partial charge in [-0.2, -0.15) is 0 Å². The van der Waals surface area contributed by atoms with Crippen molar-refractivity contribution in [2.75, 3.05) is 7.11 Å². The van der Waals surface area contributed by atoms with Crippen molar-refractivity contribution >= 4 is 5.91 Å². The van der Waals surface area contributed by atoms with Crippen LogP contribution < -0.4 is 5.32 Å². The predicted octanol–water partition coefficient (Wildman–Crippen LogP) is 2.44. The van der Waals surface area contributed by atoms with Crippen LogP contribution in [0.3, 0.4) is 0 Å². The molecule has 0 aliphatic heterocycles. The summed E-state index contributed by atoms with van der Waals surface area (Å²) in [6.07, 6.45) is 12.6. The van der Waals surface area contributed by atoms with Crippen molar-refractivity contribution < 1.29 is 9.53 Å². The van der Waals surface area contributed by atoms with E-state index in [1.54, 1.807) is 19.6 Å². The zero-order valence-electron chi connectivity index (χ0n) is 14.6. The molecule has 0 atom stereocenters. The fraction of sp³-hybridized carbons (Fsp3) is 0.526. The van der Waals surface area contributed by atoms with E-state index in [0.29, 0.717) is 6.10 Å². The molecule has 1 amide bonds. The summed E-state index contributed by atoms with van der Waals surface area (Å²) in [5.74, 6) is 0.800.